The van der Waals surface area contributed by atoms with Gasteiger partial charge in [0.2, 0.25) is 0 Å². The molecule has 0 N–H and O–H groups in total. The third kappa shape index (κ3) is 2.53. The molecule has 2 rings (SSSR count). The number of rotatable bonds is 2. The Labute approximate surface area is 96.7 Å². The Morgan fingerprint density at radius 2 is 1.88 bits per heavy atom. The topological polar surface area (TPSA) is 77.5 Å². The first-order valence-electron chi connectivity index (χ1n) is 4.64. The Morgan fingerprint density at radius 3 is 2.47 bits per heavy atom. The molecule has 1 aromatic rings. The zero-order valence-corrected chi connectivity index (χ0v) is 8.76. The fourth-order valence-corrected chi connectivity index (χ4v) is 1.53. The molecule has 0 aliphatic carbocycles. The minimum absolute atomic E-state index is 0.250. The van der Waals surface area contributed by atoms with Crippen LogP contribution in [-0.2, 0) is 20.7 Å². The molecule has 5 heteroatoms. The highest BCUT2D eigenvalue weighted by atomic mass is 16.6. The van der Waals surface area contributed by atoms with Gasteiger partial charge in [-0.05, 0) is 18.1 Å². The second-order valence-electron chi connectivity index (χ2n) is 3.09. The van der Waals surface area contributed by atoms with Crippen LogP contribution >= 0.6 is 0 Å². The van der Waals surface area contributed by atoms with Gasteiger partial charge in [0.05, 0.1) is 11.1 Å². The molecular formula is C12H8O5. The standard InChI is InChI=1S/C11H8O3.CO2/c1-2-4-7-5-3-6-8-9(7)11(13)14-10(8)12;2-1-3/h2-3,5-6H,1,4H2;. The maximum absolute atomic E-state index is 11.3. The molecule has 0 aromatic heterocycles. The van der Waals surface area contributed by atoms with Crippen molar-refractivity contribution in [3.05, 3.63) is 47.5 Å². The van der Waals surface area contributed by atoms with Crippen LogP contribution in [0.5, 0.6) is 0 Å². The Hall–Kier alpha value is -2.52. The number of hydrogen-bond donors (Lipinski definition) is 0. The number of carbonyl (C=O) groups excluding carboxylic acids is 4. The van der Waals surface area contributed by atoms with E-state index in [9.17, 15) is 9.59 Å². The summed E-state index contributed by atoms with van der Waals surface area (Å²) in [7, 11) is 0. The van der Waals surface area contributed by atoms with E-state index in [-0.39, 0.29) is 6.15 Å². The molecule has 1 aliphatic heterocycles. The number of benzene rings is 1. The van der Waals surface area contributed by atoms with E-state index in [0.717, 1.165) is 5.56 Å². The fraction of sp³-hybridized carbons (Fsp3) is 0.0833. The minimum Gasteiger partial charge on any atom is -0.386 e. The predicted molar refractivity (Wildman–Crippen MR) is 55.1 cm³/mol. The van der Waals surface area contributed by atoms with Gasteiger partial charge in [0.25, 0.3) is 0 Å². The summed E-state index contributed by atoms with van der Waals surface area (Å²) in [5.74, 6) is -1.11. The van der Waals surface area contributed by atoms with Gasteiger partial charge in [-0.15, -0.1) is 6.58 Å². The van der Waals surface area contributed by atoms with Crippen LogP contribution in [-0.4, -0.2) is 18.1 Å². The van der Waals surface area contributed by atoms with Crippen molar-refractivity contribution in [1.29, 1.82) is 0 Å². The van der Waals surface area contributed by atoms with Gasteiger partial charge in [-0.2, -0.15) is 9.59 Å². The number of fused-ring (bicyclic) bond motifs is 1. The van der Waals surface area contributed by atoms with Crippen LogP contribution in [0.1, 0.15) is 26.3 Å². The smallest absolute Gasteiger partial charge is 0.373 e. The fourth-order valence-electron chi connectivity index (χ4n) is 1.53. The van der Waals surface area contributed by atoms with Gasteiger partial charge in [-0.3, -0.25) is 0 Å². The number of allylic oxidation sites excluding steroid dienone is 1. The third-order valence-corrected chi connectivity index (χ3v) is 2.12. The van der Waals surface area contributed by atoms with Gasteiger partial charge in [0, 0.05) is 0 Å². The zero-order valence-electron chi connectivity index (χ0n) is 8.76. The van der Waals surface area contributed by atoms with Gasteiger partial charge < -0.3 is 4.74 Å². The number of hydrogen-bond acceptors (Lipinski definition) is 5. The van der Waals surface area contributed by atoms with Crippen molar-refractivity contribution in [2.24, 2.45) is 0 Å². The zero-order chi connectivity index (χ0) is 12.8. The van der Waals surface area contributed by atoms with Crippen molar-refractivity contribution in [2.75, 3.05) is 0 Å². The second-order valence-corrected chi connectivity index (χ2v) is 3.09. The van der Waals surface area contributed by atoms with Gasteiger partial charge in [-0.25, -0.2) is 9.59 Å². The quantitative estimate of drug-likeness (QED) is 0.434. The molecular weight excluding hydrogens is 224 g/mol. The highest BCUT2D eigenvalue weighted by molar-refractivity contribution is 6.15. The number of cyclic esters (lactones) is 2. The van der Waals surface area contributed by atoms with E-state index < -0.39 is 11.9 Å². The Bertz CT molecular complexity index is 510. The molecule has 0 amide bonds. The van der Waals surface area contributed by atoms with Gasteiger partial charge >= 0.3 is 18.1 Å². The highest BCUT2D eigenvalue weighted by Gasteiger charge is 2.31. The van der Waals surface area contributed by atoms with Crippen LogP contribution < -0.4 is 0 Å². The van der Waals surface area contributed by atoms with Gasteiger partial charge in [-0.1, -0.05) is 18.2 Å². The third-order valence-electron chi connectivity index (χ3n) is 2.12. The van der Waals surface area contributed by atoms with E-state index in [1.165, 1.54) is 0 Å². The molecule has 0 radical (unpaired) electrons. The summed E-state index contributed by atoms with van der Waals surface area (Å²) < 4.78 is 4.51. The molecule has 0 spiro atoms. The van der Waals surface area contributed by atoms with Crippen LogP contribution in [0.2, 0.25) is 0 Å². The van der Waals surface area contributed by atoms with Crippen LogP contribution in [0.3, 0.4) is 0 Å². The normalized spacial score (nSPS) is 11.8. The van der Waals surface area contributed by atoms with Crippen LogP contribution in [0.25, 0.3) is 0 Å². The van der Waals surface area contributed by atoms with E-state index in [0.29, 0.717) is 17.5 Å². The minimum atomic E-state index is -0.559. The monoisotopic (exact) mass is 232 g/mol. The lowest BCUT2D eigenvalue weighted by Gasteiger charge is -1.99. The molecule has 0 atom stereocenters. The van der Waals surface area contributed by atoms with Crippen molar-refractivity contribution in [3.8, 4) is 0 Å². The van der Waals surface area contributed by atoms with Crippen molar-refractivity contribution >= 4 is 18.1 Å². The molecule has 0 saturated carbocycles. The van der Waals surface area contributed by atoms with E-state index >= 15 is 0 Å². The molecule has 5 nitrogen and oxygen atoms in total. The van der Waals surface area contributed by atoms with Crippen molar-refractivity contribution in [3.63, 3.8) is 0 Å². The SMILES string of the molecule is C=CCc1cccc2c1C(=O)OC2=O.O=C=O. The summed E-state index contributed by atoms with van der Waals surface area (Å²) in [6, 6.07) is 5.12. The van der Waals surface area contributed by atoms with E-state index in [1.54, 1.807) is 24.3 Å². The summed E-state index contributed by atoms with van der Waals surface area (Å²) in [6.45, 7) is 3.59. The molecule has 1 heterocycles. The molecule has 1 aromatic carbocycles. The summed E-state index contributed by atoms with van der Waals surface area (Å²) in [5.41, 5.74) is 1.53. The van der Waals surface area contributed by atoms with Crippen LogP contribution in [0.15, 0.2) is 30.9 Å². The average Bonchev–Trinajstić information content (AvgIpc) is 2.57. The highest BCUT2D eigenvalue weighted by Crippen LogP contribution is 2.23. The second kappa shape index (κ2) is 5.53. The summed E-state index contributed by atoms with van der Waals surface area (Å²) in [5, 5.41) is 0. The van der Waals surface area contributed by atoms with Crippen LogP contribution in [0, 0.1) is 0 Å². The largest absolute Gasteiger partial charge is 0.386 e. The lowest BCUT2D eigenvalue weighted by Crippen LogP contribution is -1.99. The van der Waals surface area contributed by atoms with Crippen molar-refractivity contribution < 1.29 is 23.9 Å². The first-order valence-corrected chi connectivity index (χ1v) is 4.64. The Kier molecular flexibility index (Phi) is 4.08. The maximum Gasteiger partial charge on any atom is 0.373 e. The van der Waals surface area contributed by atoms with Gasteiger partial charge in [0.15, 0.2) is 0 Å². The molecule has 0 saturated heterocycles. The maximum atomic E-state index is 11.3. The van der Waals surface area contributed by atoms with E-state index in [2.05, 4.69) is 11.3 Å². The Morgan fingerprint density at radius 1 is 1.24 bits per heavy atom. The lowest BCUT2D eigenvalue weighted by molar-refractivity contribution is -0.191. The molecule has 0 unspecified atom stereocenters. The summed E-state index contributed by atoms with van der Waals surface area (Å²) >= 11 is 0. The van der Waals surface area contributed by atoms with Crippen molar-refractivity contribution in [1.82, 2.24) is 0 Å². The molecule has 0 fully saturated rings. The summed E-state index contributed by atoms with van der Waals surface area (Å²) in [4.78, 5) is 38.7. The number of carbonyl (C=O) groups is 2. The number of esters is 2. The average molecular weight is 232 g/mol. The van der Waals surface area contributed by atoms with E-state index in [1.807, 2.05) is 0 Å². The van der Waals surface area contributed by atoms with Gasteiger partial charge in [0.1, 0.15) is 0 Å². The first kappa shape index (κ1) is 12.5. The van der Waals surface area contributed by atoms with E-state index in [4.69, 9.17) is 9.59 Å². The summed E-state index contributed by atoms with van der Waals surface area (Å²) in [6.07, 6.45) is 2.50. The number of ether oxygens (including phenoxy) is 1. The van der Waals surface area contributed by atoms with Crippen molar-refractivity contribution in [2.45, 2.75) is 6.42 Å². The molecule has 1 aliphatic rings. The Balaban J connectivity index is 0.000000437. The molecule has 17 heavy (non-hydrogen) atoms. The lowest BCUT2D eigenvalue weighted by atomic mass is 10.0. The molecule has 0 bridgehead atoms. The van der Waals surface area contributed by atoms with Crippen LogP contribution in [0.4, 0.5) is 0 Å². The first-order chi connectivity index (χ1) is 8.15. The molecule has 86 valence electrons. The predicted octanol–water partition coefficient (Wildman–Crippen LogP) is 1.14.